The van der Waals surface area contributed by atoms with E-state index in [1.54, 1.807) is 6.07 Å². The fourth-order valence-electron chi connectivity index (χ4n) is 2.44. The van der Waals surface area contributed by atoms with E-state index in [4.69, 9.17) is 23.2 Å². The van der Waals surface area contributed by atoms with Crippen molar-refractivity contribution in [3.63, 3.8) is 0 Å². The van der Waals surface area contributed by atoms with Crippen LogP contribution in [0.5, 0.6) is 0 Å². The summed E-state index contributed by atoms with van der Waals surface area (Å²) in [5, 5.41) is 4.91. The lowest BCUT2D eigenvalue weighted by molar-refractivity contribution is 0.358. The molecule has 2 atom stereocenters. The van der Waals surface area contributed by atoms with Crippen LogP contribution >= 0.6 is 23.2 Å². The molecule has 3 heteroatoms. The minimum Gasteiger partial charge on any atom is -0.382 e. The highest BCUT2D eigenvalue weighted by Crippen LogP contribution is 2.28. The summed E-state index contributed by atoms with van der Waals surface area (Å²) in [5.74, 6) is 0.820. The van der Waals surface area contributed by atoms with Crippen LogP contribution in [0.3, 0.4) is 0 Å². The van der Waals surface area contributed by atoms with Gasteiger partial charge in [-0.25, -0.2) is 0 Å². The quantitative estimate of drug-likeness (QED) is 0.788. The van der Waals surface area contributed by atoms with Crippen LogP contribution in [-0.2, 0) is 0 Å². The molecule has 1 saturated carbocycles. The number of halogens is 2. The first kappa shape index (κ1) is 12.1. The lowest BCUT2D eigenvalue weighted by Gasteiger charge is -2.28. The molecule has 0 saturated heterocycles. The third kappa shape index (κ3) is 3.29. The highest BCUT2D eigenvalue weighted by atomic mass is 35.5. The minimum atomic E-state index is 0.568. The Kier molecular flexibility index (Phi) is 3.99. The molecule has 88 valence electrons. The number of rotatable bonds is 2. The van der Waals surface area contributed by atoms with Gasteiger partial charge in [-0.1, -0.05) is 43.0 Å². The van der Waals surface area contributed by atoms with Crippen LogP contribution in [0.15, 0.2) is 18.2 Å². The van der Waals surface area contributed by atoms with Crippen molar-refractivity contribution in [2.24, 2.45) is 5.92 Å². The normalized spacial score (nSPS) is 25.4. The molecule has 0 heterocycles. The molecule has 0 spiro atoms. The zero-order chi connectivity index (χ0) is 11.5. The Bertz CT molecular complexity index is 345. The van der Waals surface area contributed by atoms with Crippen molar-refractivity contribution in [1.82, 2.24) is 0 Å². The molecule has 2 unspecified atom stereocenters. The third-order valence-electron chi connectivity index (χ3n) is 3.17. The van der Waals surface area contributed by atoms with Crippen molar-refractivity contribution in [3.8, 4) is 0 Å². The molecule has 0 aliphatic heterocycles. The largest absolute Gasteiger partial charge is 0.382 e. The molecule has 16 heavy (non-hydrogen) atoms. The van der Waals surface area contributed by atoms with E-state index < -0.39 is 0 Å². The monoisotopic (exact) mass is 257 g/mol. The Labute approximate surface area is 107 Å². The summed E-state index contributed by atoms with van der Waals surface area (Å²) in [5.41, 5.74) is 1.04. The maximum absolute atomic E-state index is 5.97. The standard InChI is InChI=1S/C13H17Cl2N/c1-9-3-2-4-12(5-9)16-13-7-10(14)6-11(15)8-13/h6-9,12,16H,2-5H2,1H3. The lowest BCUT2D eigenvalue weighted by Crippen LogP contribution is -2.26. The van der Waals surface area contributed by atoms with E-state index in [9.17, 15) is 0 Å². The van der Waals surface area contributed by atoms with Crippen molar-refractivity contribution in [3.05, 3.63) is 28.2 Å². The van der Waals surface area contributed by atoms with Gasteiger partial charge in [0.05, 0.1) is 0 Å². The number of anilines is 1. The van der Waals surface area contributed by atoms with E-state index in [0.29, 0.717) is 16.1 Å². The molecule has 1 aromatic rings. The average Bonchev–Trinajstić information content (AvgIpc) is 2.15. The Hall–Kier alpha value is -0.400. The van der Waals surface area contributed by atoms with Crippen LogP contribution in [0.2, 0.25) is 10.0 Å². The molecule has 0 radical (unpaired) electrons. The predicted molar refractivity (Wildman–Crippen MR) is 71.5 cm³/mol. The van der Waals surface area contributed by atoms with Crippen LogP contribution < -0.4 is 5.32 Å². The van der Waals surface area contributed by atoms with Gasteiger partial charge in [-0.3, -0.25) is 0 Å². The molecule has 1 N–H and O–H groups in total. The van der Waals surface area contributed by atoms with Crippen molar-refractivity contribution in [1.29, 1.82) is 0 Å². The van der Waals surface area contributed by atoms with Crippen LogP contribution in [0.25, 0.3) is 0 Å². The summed E-state index contributed by atoms with van der Waals surface area (Å²) in [7, 11) is 0. The number of benzene rings is 1. The topological polar surface area (TPSA) is 12.0 Å². The van der Waals surface area contributed by atoms with E-state index in [0.717, 1.165) is 11.6 Å². The Morgan fingerprint density at radius 1 is 1.12 bits per heavy atom. The summed E-state index contributed by atoms with van der Waals surface area (Å²) >= 11 is 11.9. The second-order valence-electron chi connectivity index (χ2n) is 4.77. The Balaban J connectivity index is 2.02. The van der Waals surface area contributed by atoms with E-state index in [2.05, 4.69) is 12.2 Å². The smallest absolute Gasteiger partial charge is 0.0441 e. The van der Waals surface area contributed by atoms with Crippen LogP contribution in [-0.4, -0.2) is 6.04 Å². The fraction of sp³-hybridized carbons (Fsp3) is 0.538. The number of hydrogen-bond acceptors (Lipinski definition) is 1. The van der Waals surface area contributed by atoms with Gasteiger partial charge in [0.1, 0.15) is 0 Å². The highest BCUT2D eigenvalue weighted by Gasteiger charge is 2.18. The zero-order valence-corrected chi connectivity index (χ0v) is 11.0. The van der Waals surface area contributed by atoms with E-state index in [-0.39, 0.29) is 0 Å². The van der Waals surface area contributed by atoms with Crippen molar-refractivity contribution < 1.29 is 0 Å². The highest BCUT2D eigenvalue weighted by molar-refractivity contribution is 6.35. The van der Waals surface area contributed by atoms with Gasteiger partial charge >= 0.3 is 0 Å². The van der Waals surface area contributed by atoms with Gasteiger partial charge in [0, 0.05) is 21.8 Å². The van der Waals surface area contributed by atoms with Crippen molar-refractivity contribution >= 4 is 28.9 Å². The molecular formula is C13H17Cl2N. The first-order valence-corrected chi connectivity index (χ1v) is 6.61. The van der Waals surface area contributed by atoms with E-state index in [1.165, 1.54) is 25.7 Å². The first-order valence-electron chi connectivity index (χ1n) is 5.86. The molecule has 2 rings (SSSR count). The Morgan fingerprint density at radius 2 is 1.81 bits per heavy atom. The van der Waals surface area contributed by atoms with E-state index >= 15 is 0 Å². The summed E-state index contributed by atoms with van der Waals surface area (Å²) in [6.07, 6.45) is 5.15. The molecule has 1 fully saturated rings. The van der Waals surface area contributed by atoms with Gasteiger partial charge in [-0.15, -0.1) is 0 Å². The maximum Gasteiger partial charge on any atom is 0.0441 e. The van der Waals surface area contributed by atoms with Crippen LogP contribution in [0, 0.1) is 5.92 Å². The van der Waals surface area contributed by atoms with Crippen LogP contribution in [0.1, 0.15) is 32.6 Å². The van der Waals surface area contributed by atoms with Gasteiger partial charge in [0.25, 0.3) is 0 Å². The van der Waals surface area contributed by atoms with E-state index in [1.807, 2.05) is 12.1 Å². The summed E-state index contributed by atoms with van der Waals surface area (Å²) in [4.78, 5) is 0. The second-order valence-corrected chi connectivity index (χ2v) is 5.64. The summed E-state index contributed by atoms with van der Waals surface area (Å²) in [6.45, 7) is 2.32. The molecule has 1 aliphatic carbocycles. The molecule has 0 bridgehead atoms. The number of nitrogens with one attached hydrogen (secondary N) is 1. The molecule has 1 nitrogen and oxygen atoms in total. The molecule has 1 aromatic carbocycles. The minimum absolute atomic E-state index is 0.568. The summed E-state index contributed by atoms with van der Waals surface area (Å²) < 4.78 is 0. The lowest BCUT2D eigenvalue weighted by atomic mass is 9.87. The van der Waals surface area contributed by atoms with Gasteiger partial charge in [-0.2, -0.15) is 0 Å². The molecule has 0 amide bonds. The number of hydrogen-bond donors (Lipinski definition) is 1. The molecule has 0 aromatic heterocycles. The fourth-order valence-corrected chi connectivity index (χ4v) is 2.96. The average molecular weight is 258 g/mol. The molecule has 1 aliphatic rings. The predicted octanol–water partition coefficient (Wildman–Crippen LogP) is 4.98. The zero-order valence-electron chi connectivity index (χ0n) is 9.47. The van der Waals surface area contributed by atoms with Crippen LogP contribution in [0.4, 0.5) is 5.69 Å². The molecular weight excluding hydrogens is 241 g/mol. The van der Waals surface area contributed by atoms with Gasteiger partial charge in [0.2, 0.25) is 0 Å². The Morgan fingerprint density at radius 3 is 2.44 bits per heavy atom. The van der Waals surface area contributed by atoms with Gasteiger partial charge in [0.15, 0.2) is 0 Å². The second kappa shape index (κ2) is 5.29. The summed E-state index contributed by atoms with van der Waals surface area (Å²) in [6, 6.07) is 6.20. The van der Waals surface area contributed by atoms with Gasteiger partial charge < -0.3 is 5.32 Å². The first-order chi connectivity index (χ1) is 7.63. The van der Waals surface area contributed by atoms with Crippen molar-refractivity contribution in [2.75, 3.05) is 5.32 Å². The maximum atomic E-state index is 5.97. The van der Waals surface area contributed by atoms with Crippen molar-refractivity contribution in [2.45, 2.75) is 38.6 Å². The SMILES string of the molecule is CC1CCCC(Nc2cc(Cl)cc(Cl)c2)C1. The van der Waals surface area contributed by atoms with Gasteiger partial charge in [-0.05, 0) is 37.0 Å². The third-order valence-corrected chi connectivity index (χ3v) is 3.61.